The number of rotatable bonds is 7. The number of pyridine rings is 1. The van der Waals surface area contributed by atoms with Gasteiger partial charge in [0.15, 0.2) is 11.5 Å². The van der Waals surface area contributed by atoms with Gasteiger partial charge in [0.2, 0.25) is 5.09 Å². The number of benzene rings is 2. The van der Waals surface area contributed by atoms with E-state index < -0.39 is 38.1 Å². The number of nitrogens with zero attached hydrogens (tertiary/aromatic N) is 5. The summed E-state index contributed by atoms with van der Waals surface area (Å²) in [6, 6.07) is 13.3. The molecule has 6 aromatic rings. The summed E-state index contributed by atoms with van der Waals surface area (Å²) in [6.45, 7) is 0.642. The maximum atomic E-state index is 15.7. The fourth-order valence-electron chi connectivity index (χ4n) is 5.05. The molecule has 1 aliphatic rings. The lowest BCUT2D eigenvalue weighted by Crippen LogP contribution is -2.17. The molecule has 1 unspecified atom stereocenters. The van der Waals surface area contributed by atoms with Crippen LogP contribution in [0.5, 0.6) is 0 Å². The predicted molar refractivity (Wildman–Crippen MR) is 154 cm³/mol. The van der Waals surface area contributed by atoms with Crippen molar-refractivity contribution in [3.8, 4) is 11.3 Å². The van der Waals surface area contributed by atoms with Gasteiger partial charge in [0.25, 0.3) is 10.0 Å². The number of sulfonamides is 1. The van der Waals surface area contributed by atoms with E-state index in [4.69, 9.17) is 9.15 Å². The SMILES string of the molecule is O=S(=O)(Nc1ccc(F)c(Nc2ncccc2-c2ncnc3c2ncn3C2CCCCO2)c1F)c1cc2ccccc2o1. The number of aromatic nitrogens is 5. The summed E-state index contributed by atoms with van der Waals surface area (Å²) in [5.74, 6) is -2.07. The third kappa shape index (κ3) is 4.93. The van der Waals surface area contributed by atoms with Crippen molar-refractivity contribution in [2.24, 2.45) is 0 Å². The third-order valence-electron chi connectivity index (χ3n) is 7.13. The molecule has 4 aromatic heterocycles. The largest absolute Gasteiger partial charge is 0.443 e. The normalized spacial score (nSPS) is 15.6. The van der Waals surface area contributed by atoms with E-state index in [9.17, 15) is 8.42 Å². The third-order valence-corrected chi connectivity index (χ3v) is 8.35. The first kappa shape index (κ1) is 26.9. The van der Waals surface area contributed by atoms with Gasteiger partial charge in [-0.2, -0.15) is 8.42 Å². The fourth-order valence-corrected chi connectivity index (χ4v) is 6.08. The van der Waals surface area contributed by atoms with E-state index in [0.717, 1.165) is 31.4 Å². The summed E-state index contributed by atoms with van der Waals surface area (Å²) < 4.78 is 72.1. The smallest absolute Gasteiger partial charge is 0.295 e. The van der Waals surface area contributed by atoms with Crippen LogP contribution in [0, 0.1) is 11.6 Å². The lowest BCUT2D eigenvalue weighted by Gasteiger charge is -2.23. The average Bonchev–Trinajstić information content (AvgIpc) is 3.67. The van der Waals surface area contributed by atoms with Gasteiger partial charge >= 0.3 is 0 Å². The van der Waals surface area contributed by atoms with E-state index in [1.54, 1.807) is 42.7 Å². The molecule has 0 spiro atoms. The summed E-state index contributed by atoms with van der Waals surface area (Å²) in [6.07, 6.45) is 7.08. The molecule has 1 saturated heterocycles. The highest BCUT2D eigenvalue weighted by atomic mass is 32.2. The van der Waals surface area contributed by atoms with Crippen LogP contribution in [0.3, 0.4) is 0 Å². The van der Waals surface area contributed by atoms with E-state index in [0.29, 0.717) is 40.0 Å². The molecule has 0 radical (unpaired) electrons. The molecule has 0 aliphatic carbocycles. The van der Waals surface area contributed by atoms with Crippen LogP contribution in [0.15, 0.2) is 83.0 Å². The predicted octanol–water partition coefficient (Wildman–Crippen LogP) is 6.16. The van der Waals surface area contributed by atoms with Crippen LogP contribution in [-0.2, 0) is 14.8 Å². The zero-order valence-corrected chi connectivity index (χ0v) is 23.2. The Labute approximate surface area is 243 Å². The van der Waals surface area contributed by atoms with Crippen LogP contribution in [0.2, 0.25) is 0 Å². The quantitative estimate of drug-likeness (QED) is 0.220. The number of ether oxygens (including phenoxy) is 1. The Morgan fingerprint density at radius 3 is 2.70 bits per heavy atom. The number of halogens is 2. The highest BCUT2D eigenvalue weighted by Gasteiger charge is 2.25. The molecular formula is C29H23F2N7O4S. The van der Waals surface area contributed by atoms with Crippen molar-refractivity contribution in [1.29, 1.82) is 0 Å². The van der Waals surface area contributed by atoms with E-state index >= 15 is 8.78 Å². The molecule has 0 saturated carbocycles. The highest BCUT2D eigenvalue weighted by molar-refractivity contribution is 7.92. The first-order chi connectivity index (χ1) is 20.9. The molecular weight excluding hydrogens is 580 g/mol. The Kier molecular flexibility index (Phi) is 6.70. The van der Waals surface area contributed by atoms with Gasteiger partial charge in [-0.05, 0) is 49.6 Å². The van der Waals surface area contributed by atoms with E-state index in [1.807, 2.05) is 4.57 Å². The standard InChI is InChI=1S/C29H23F2N7O4S/c30-19-10-11-20(37-43(39,40)23-14-17-6-1-2-8-21(17)42-23)24(31)26(19)36-28-18(7-5-12-32-28)25-27-29(34-15-33-25)38(16-35-27)22-9-3-4-13-41-22/h1-2,5-8,10-12,14-16,22,37H,3-4,9,13H2,(H,32,36). The van der Waals surface area contributed by atoms with Crippen LogP contribution in [0.4, 0.5) is 26.0 Å². The second-order valence-electron chi connectivity index (χ2n) is 9.88. The maximum absolute atomic E-state index is 15.7. The minimum absolute atomic E-state index is 0.0704. The molecule has 14 heteroatoms. The summed E-state index contributed by atoms with van der Waals surface area (Å²) in [7, 11) is -4.34. The summed E-state index contributed by atoms with van der Waals surface area (Å²) in [5.41, 5.74) is 1.04. The Morgan fingerprint density at radius 2 is 1.86 bits per heavy atom. The monoisotopic (exact) mass is 603 g/mol. The number of imidazole rings is 1. The fraction of sp³-hybridized carbons (Fsp3) is 0.172. The molecule has 1 fully saturated rings. The van der Waals surface area contributed by atoms with Crippen molar-refractivity contribution >= 4 is 49.3 Å². The van der Waals surface area contributed by atoms with Crippen molar-refractivity contribution in [3.05, 3.63) is 85.1 Å². The topological polar surface area (TPSA) is 137 Å². The van der Waals surface area contributed by atoms with Gasteiger partial charge in [-0.15, -0.1) is 0 Å². The van der Waals surface area contributed by atoms with Gasteiger partial charge in [-0.1, -0.05) is 18.2 Å². The summed E-state index contributed by atoms with van der Waals surface area (Å²) >= 11 is 0. The number of hydrogen-bond acceptors (Lipinski definition) is 9. The lowest BCUT2D eigenvalue weighted by atomic mass is 10.1. The second-order valence-corrected chi connectivity index (χ2v) is 11.5. The number of hydrogen-bond donors (Lipinski definition) is 2. The number of para-hydroxylation sites is 1. The molecule has 0 amide bonds. The summed E-state index contributed by atoms with van der Waals surface area (Å²) in [4.78, 5) is 17.6. The average molecular weight is 604 g/mol. The number of fused-ring (bicyclic) bond motifs is 2. The van der Waals surface area contributed by atoms with Gasteiger partial charge in [-0.3, -0.25) is 9.29 Å². The van der Waals surface area contributed by atoms with Crippen molar-refractivity contribution in [1.82, 2.24) is 24.5 Å². The van der Waals surface area contributed by atoms with Gasteiger partial charge in [-0.25, -0.2) is 28.7 Å². The van der Waals surface area contributed by atoms with Crippen LogP contribution in [-0.4, -0.2) is 39.5 Å². The zero-order valence-electron chi connectivity index (χ0n) is 22.4. The molecule has 11 nitrogen and oxygen atoms in total. The van der Waals surface area contributed by atoms with Crippen LogP contribution < -0.4 is 10.0 Å². The van der Waals surface area contributed by atoms with Crippen LogP contribution >= 0.6 is 0 Å². The molecule has 2 N–H and O–H groups in total. The van der Waals surface area contributed by atoms with Crippen molar-refractivity contribution in [2.75, 3.05) is 16.6 Å². The molecule has 2 aromatic carbocycles. The minimum Gasteiger partial charge on any atom is -0.443 e. The van der Waals surface area contributed by atoms with E-state index in [2.05, 4.69) is 30.0 Å². The van der Waals surface area contributed by atoms with Gasteiger partial charge in [0.1, 0.15) is 46.7 Å². The zero-order chi connectivity index (χ0) is 29.6. The Hall–Kier alpha value is -4.95. The molecule has 43 heavy (non-hydrogen) atoms. The lowest BCUT2D eigenvalue weighted by molar-refractivity contribution is -0.0298. The van der Waals surface area contributed by atoms with Gasteiger partial charge in [0.05, 0.1) is 12.0 Å². The highest BCUT2D eigenvalue weighted by Crippen LogP contribution is 2.36. The van der Waals surface area contributed by atoms with Gasteiger partial charge in [0, 0.05) is 29.8 Å². The van der Waals surface area contributed by atoms with Gasteiger partial charge < -0.3 is 14.5 Å². The number of nitrogens with one attached hydrogen (secondary N) is 2. The maximum Gasteiger partial charge on any atom is 0.295 e. The van der Waals surface area contributed by atoms with Crippen LogP contribution in [0.25, 0.3) is 33.4 Å². The van der Waals surface area contributed by atoms with E-state index in [1.165, 1.54) is 18.6 Å². The number of anilines is 3. The van der Waals surface area contributed by atoms with Crippen molar-refractivity contribution in [2.45, 2.75) is 30.6 Å². The first-order valence-corrected chi connectivity index (χ1v) is 14.9. The number of furan rings is 1. The molecule has 1 atom stereocenters. The Morgan fingerprint density at radius 1 is 0.977 bits per heavy atom. The summed E-state index contributed by atoms with van der Waals surface area (Å²) in [5, 5.41) is 2.84. The van der Waals surface area contributed by atoms with Crippen molar-refractivity contribution in [3.63, 3.8) is 0 Å². The minimum atomic E-state index is -4.34. The molecule has 7 rings (SSSR count). The van der Waals surface area contributed by atoms with E-state index in [-0.39, 0.29) is 12.0 Å². The van der Waals surface area contributed by atoms with Crippen molar-refractivity contribution < 1.29 is 26.4 Å². The molecule has 218 valence electrons. The van der Waals surface area contributed by atoms with Crippen LogP contribution in [0.1, 0.15) is 25.5 Å². The Balaban J connectivity index is 1.23. The molecule has 5 heterocycles. The second kappa shape index (κ2) is 10.7. The first-order valence-electron chi connectivity index (χ1n) is 13.4. The Bertz CT molecular complexity index is 2060. The molecule has 0 bridgehead atoms. The molecule has 1 aliphatic heterocycles.